The molecule has 0 fully saturated rings. The average Bonchev–Trinajstić information content (AvgIpc) is 3.53. The van der Waals surface area contributed by atoms with Crippen molar-refractivity contribution in [2.75, 3.05) is 24.2 Å². The third kappa shape index (κ3) is 6.58. The van der Waals surface area contributed by atoms with E-state index in [9.17, 15) is 14.4 Å². The van der Waals surface area contributed by atoms with Gasteiger partial charge < -0.3 is 10.1 Å². The molecule has 0 saturated carbocycles. The number of aryl methyl sites for hydroxylation is 1. The first-order valence-electron chi connectivity index (χ1n) is 13.1. The van der Waals surface area contributed by atoms with Gasteiger partial charge >= 0.3 is 5.97 Å². The fourth-order valence-electron chi connectivity index (χ4n) is 4.64. The number of hydrogen-bond acceptors (Lipinski definition) is 8. The van der Waals surface area contributed by atoms with Crippen LogP contribution < -0.4 is 5.32 Å². The molecule has 10 heteroatoms. The first kappa shape index (κ1) is 28.6. The molecule has 2 amide bonds. The van der Waals surface area contributed by atoms with Crippen molar-refractivity contribution in [2.45, 2.75) is 60.3 Å². The molecular weight excluding hydrogens is 539 g/mol. The third-order valence-corrected chi connectivity index (χ3v) is 9.60. The number of esters is 1. The van der Waals surface area contributed by atoms with Crippen LogP contribution in [0.4, 0.5) is 5.00 Å². The zero-order valence-electron chi connectivity index (χ0n) is 22.6. The van der Waals surface area contributed by atoms with Gasteiger partial charge in [0.25, 0.3) is 5.91 Å². The number of fused-ring (bicyclic) bond motifs is 1. The Hall–Kier alpha value is -2.43. The summed E-state index contributed by atoms with van der Waals surface area (Å²) in [6.07, 6.45) is 5.70. The van der Waals surface area contributed by atoms with Crippen LogP contribution >= 0.6 is 34.4 Å². The van der Waals surface area contributed by atoms with E-state index >= 15 is 0 Å². The zero-order valence-corrected chi connectivity index (χ0v) is 25.0. The molecule has 1 N–H and O–H groups in total. The monoisotopic (exact) mass is 573 g/mol. The minimum Gasteiger partial charge on any atom is -0.462 e. The number of thioether (sulfide) groups is 1. The van der Waals surface area contributed by atoms with Crippen molar-refractivity contribution in [3.63, 3.8) is 0 Å². The molecule has 1 aliphatic heterocycles. The van der Waals surface area contributed by atoms with Crippen molar-refractivity contribution in [3.05, 3.63) is 43.6 Å². The van der Waals surface area contributed by atoms with Crippen LogP contribution in [0.2, 0.25) is 0 Å². The van der Waals surface area contributed by atoms with E-state index in [0.717, 1.165) is 36.1 Å². The van der Waals surface area contributed by atoms with E-state index in [4.69, 9.17) is 4.74 Å². The number of nitrogens with one attached hydrogen (secondary N) is 1. The predicted molar refractivity (Wildman–Crippen MR) is 158 cm³/mol. The summed E-state index contributed by atoms with van der Waals surface area (Å²) in [5.74, 6) is 0.161. The van der Waals surface area contributed by atoms with E-state index in [2.05, 4.69) is 17.2 Å². The van der Waals surface area contributed by atoms with Gasteiger partial charge in [0.15, 0.2) is 5.17 Å². The maximum Gasteiger partial charge on any atom is 0.341 e. The molecule has 0 saturated heterocycles. The van der Waals surface area contributed by atoms with Gasteiger partial charge in [0.05, 0.1) is 17.9 Å². The number of carbonyl (C=O) groups is 3. The minimum absolute atomic E-state index is 0.0779. The largest absolute Gasteiger partial charge is 0.462 e. The van der Waals surface area contributed by atoms with E-state index in [1.54, 1.807) is 23.2 Å². The molecular formula is C28H35N3O4S3. The standard InChI is InChI=1S/C28H35N3O4S3/c1-6-18-9-11-20-22(12-18)38-25(24(20)27(34)35-7-2)30-23(32)15-36-28-29-21(13-19-10-8-17(5)37-19)26(33)31(28)14-16(3)4/h8,10,13,16,18H,6-7,9,11-12,14-15H2,1-5H3,(H,30,32)/b21-13+/t18-/m0/s1. The fourth-order valence-corrected chi connectivity index (χ4v) is 7.62. The van der Waals surface area contributed by atoms with Gasteiger partial charge in [-0.15, -0.1) is 22.7 Å². The Bertz CT molecular complexity index is 1270. The van der Waals surface area contributed by atoms with Crippen LogP contribution in [0.25, 0.3) is 6.08 Å². The molecule has 3 heterocycles. The third-order valence-electron chi connectivity index (χ3n) is 6.51. The van der Waals surface area contributed by atoms with Crippen LogP contribution in [0.15, 0.2) is 22.8 Å². The highest BCUT2D eigenvalue weighted by molar-refractivity contribution is 8.14. The van der Waals surface area contributed by atoms with Crippen molar-refractivity contribution in [3.8, 4) is 0 Å². The van der Waals surface area contributed by atoms with Gasteiger partial charge in [-0.25, -0.2) is 9.79 Å². The molecule has 7 nitrogen and oxygen atoms in total. The number of nitrogens with zero attached hydrogens (tertiary/aromatic N) is 2. The van der Waals surface area contributed by atoms with Crippen LogP contribution in [0.1, 0.15) is 71.1 Å². The number of carbonyl (C=O) groups excluding carboxylic acids is 3. The van der Waals surface area contributed by atoms with Gasteiger partial charge in [0.1, 0.15) is 10.7 Å². The molecule has 204 valence electrons. The van der Waals surface area contributed by atoms with Crippen LogP contribution in [-0.2, 0) is 27.2 Å². The van der Waals surface area contributed by atoms with Crippen LogP contribution in [0.5, 0.6) is 0 Å². The number of thiophene rings is 2. The van der Waals surface area contributed by atoms with Gasteiger partial charge in [-0.05, 0) is 68.7 Å². The lowest BCUT2D eigenvalue weighted by atomic mass is 9.85. The smallest absolute Gasteiger partial charge is 0.341 e. The lowest BCUT2D eigenvalue weighted by Crippen LogP contribution is -2.34. The van der Waals surface area contributed by atoms with E-state index < -0.39 is 0 Å². The molecule has 1 atom stereocenters. The molecule has 4 rings (SSSR count). The zero-order chi connectivity index (χ0) is 27.4. The van der Waals surface area contributed by atoms with E-state index in [1.807, 2.05) is 39.0 Å². The Balaban J connectivity index is 1.50. The molecule has 38 heavy (non-hydrogen) atoms. The highest BCUT2D eigenvalue weighted by atomic mass is 32.2. The molecule has 0 bridgehead atoms. The molecule has 2 aromatic heterocycles. The molecule has 0 unspecified atom stereocenters. The number of ether oxygens (including phenoxy) is 1. The molecule has 2 aromatic rings. The normalized spacial score (nSPS) is 18.2. The van der Waals surface area contributed by atoms with Crippen molar-refractivity contribution in [1.82, 2.24) is 4.90 Å². The van der Waals surface area contributed by atoms with Gasteiger partial charge in [0, 0.05) is 21.2 Å². The lowest BCUT2D eigenvalue weighted by Gasteiger charge is -2.21. The van der Waals surface area contributed by atoms with Crippen molar-refractivity contribution < 1.29 is 19.1 Å². The van der Waals surface area contributed by atoms with Crippen LogP contribution in [0, 0.1) is 18.8 Å². The summed E-state index contributed by atoms with van der Waals surface area (Å²) in [5, 5.41) is 4.06. The van der Waals surface area contributed by atoms with E-state index in [0.29, 0.717) is 33.9 Å². The summed E-state index contributed by atoms with van der Waals surface area (Å²) in [6, 6.07) is 3.99. The van der Waals surface area contributed by atoms with Gasteiger partial charge in [-0.1, -0.05) is 39.0 Å². The SMILES string of the molecule is CCOC(=O)c1c(NC(=O)CSC2=N/C(=C/c3ccc(C)s3)C(=O)N2CC(C)C)sc2c1CC[C@H](CC)C2. The number of amidine groups is 1. The Morgan fingerprint density at radius 2 is 2.08 bits per heavy atom. The van der Waals surface area contributed by atoms with Crippen molar-refractivity contribution in [1.29, 1.82) is 0 Å². The molecule has 0 aromatic carbocycles. The van der Waals surface area contributed by atoms with Crippen molar-refractivity contribution >= 4 is 68.5 Å². The summed E-state index contributed by atoms with van der Waals surface area (Å²) in [4.78, 5) is 48.6. The Labute approximate surface area is 236 Å². The summed E-state index contributed by atoms with van der Waals surface area (Å²) in [6.45, 7) is 10.9. The second-order valence-electron chi connectivity index (χ2n) is 9.96. The Morgan fingerprint density at radius 3 is 2.74 bits per heavy atom. The highest BCUT2D eigenvalue weighted by Crippen LogP contribution is 2.41. The average molecular weight is 574 g/mol. The quantitative estimate of drug-likeness (QED) is 0.278. The van der Waals surface area contributed by atoms with Crippen LogP contribution in [0.3, 0.4) is 0 Å². The molecule has 1 aliphatic carbocycles. The lowest BCUT2D eigenvalue weighted by molar-refractivity contribution is -0.123. The predicted octanol–water partition coefficient (Wildman–Crippen LogP) is 6.38. The number of aliphatic imine (C=N–C) groups is 1. The van der Waals surface area contributed by atoms with Gasteiger partial charge in [0.2, 0.25) is 5.91 Å². The topological polar surface area (TPSA) is 88.1 Å². The molecule has 0 spiro atoms. The summed E-state index contributed by atoms with van der Waals surface area (Å²) in [5.41, 5.74) is 1.91. The maximum absolute atomic E-state index is 13.1. The Kier molecular flexibility index (Phi) is 9.49. The first-order valence-corrected chi connectivity index (χ1v) is 15.7. The van der Waals surface area contributed by atoms with E-state index in [-0.39, 0.29) is 36.1 Å². The Morgan fingerprint density at radius 1 is 1.29 bits per heavy atom. The number of amides is 2. The number of hydrogen-bond donors (Lipinski definition) is 1. The minimum atomic E-state index is -0.379. The summed E-state index contributed by atoms with van der Waals surface area (Å²) in [7, 11) is 0. The second-order valence-corrected chi connectivity index (χ2v) is 13.3. The number of rotatable bonds is 9. The fraction of sp³-hybridized carbons (Fsp3) is 0.500. The number of anilines is 1. The van der Waals surface area contributed by atoms with Gasteiger partial charge in [-0.2, -0.15) is 0 Å². The first-order chi connectivity index (χ1) is 18.2. The highest BCUT2D eigenvalue weighted by Gasteiger charge is 2.33. The molecule has 0 radical (unpaired) electrons. The van der Waals surface area contributed by atoms with Gasteiger partial charge in [-0.3, -0.25) is 14.5 Å². The van der Waals surface area contributed by atoms with E-state index in [1.165, 1.54) is 32.9 Å². The summed E-state index contributed by atoms with van der Waals surface area (Å²) >= 11 is 4.34. The maximum atomic E-state index is 13.1. The molecule has 2 aliphatic rings. The van der Waals surface area contributed by atoms with Crippen LogP contribution in [-0.4, -0.2) is 46.8 Å². The second kappa shape index (κ2) is 12.6. The summed E-state index contributed by atoms with van der Waals surface area (Å²) < 4.78 is 5.34. The van der Waals surface area contributed by atoms with Crippen molar-refractivity contribution in [2.24, 2.45) is 16.8 Å².